The van der Waals surface area contributed by atoms with Crippen LogP contribution in [0.25, 0.3) is 0 Å². The lowest BCUT2D eigenvalue weighted by atomic mass is 9.87. The number of piperazine rings is 1. The van der Waals surface area contributed by atoms with Gasteiger partial charge in [-0.25, -0.2) is 0 Å². The summed E-state index contributed by atoms with van der Waals surface area (Å²) in [5, 5.41) is 9.17. The van der Waals surface area contributed by atoms with Crippen LogP contribution >= 0.6 is 0 Å². The Morgan fingerprint density at radius 1 is 1.08 bits per heavy atom. The Morgan fingerprint density at radius 3 is 2.45 bits per heavy atom. The van der Waals surface area contributed by atoms with Gasteiger partial charge in [-0.15, -0.1) is 0 Å². The number of likely N-dealkylation sites (N-methyl/N-ethyl adjacent to an activating group) is 1. The first-order valence-electron chi connectivity index (χ1n) is 14.3. The maximum absolute atomic E-state index is 13.9. The van der Waals surface area contributed by atoms with Crippen molar-refractivity contribution in [3.8, 4) is 0 Å². The molecule has 3 N–H and O–H groups in total. The van der Waals surface area contributed by atoms with E-state index in [9.17, 15) is 14.4 Å². The van der Waals surface area contributed by atoms with Gasteiger partial charge in [0.15, 0.2) is 0 Å². The summed E-state index contributed by atoms with van der Waals surface area (Å²) in [4.78, 5) is 44.5. The van der Waals surface area contributed by atoms with Gasteiger partial charge in [0.25, 0.3) is 0 Å². The highest BCUT2D eigenvalue weighted by atomic mass is 16.2. The van der Waals surface area contributed by atoms with E-state index in [1.807, 2.05) is 26.0 Å². The molecular formula is C30H49N5O3. The van der Waals surface area contributed by atoms with E-state index in [4.69, 9.17) is 0 Å². The van der Waals surface area contributed by atoms with E-state index >= 15 is 0 Å². The van der Waals surface area contributed by atoms with Gasteiger partial charge >= 0.3 is 0 Å². The van der Waals surface area contributed by atoms with Gasteiger partial charge in [0.05, 0.1) is 12.1 Å². The molecule has 0 radical (unpaired) electrons. The summed E-state index contributed by atoms with van der Waals surface area (Å²) in [5.74, 6) is -0.624. The van der Waals surface area contributed by atoms with E-state index < -0.39 is 18.1 Å². The van der Waals surface area contributed by atoms with Crippen molar-refractivity contribution in [2.24, 2.45) is 11.3 Å². The highest BCUT2D eigenvalue weighted by Crippen LogP contribution is 2.30. The Hall–Kier alpha value is -2.45. The number of carbonyl (C=O) groups is 3. The zero-order valence-electron chi connectivity index (χ0n) is 24.5. The highest BCUT2D eigenvalue weighted by Gasteiger charge is 2.40. The largest absolute Gasteiger partial charge is 0.347 e. The number of rotatable bonds is 9. The van der Waals surface area contributed by atoms with Crippen LogP contribution in [0.3, 0.4) is 0 Å². The van der Waals surface area contributed by atoms with Crippen molar-refractivity contribution in [2.45, 2.75) is 91.4 Å². The van der Waals surface area contributed by atoms with E-state index in [0.29, 0.717) is 19.6 Å². The molecule has 1 aliphatic heterocycles. The van der Waals surface area contributed by atoms with Gasteiger partial charge in [-0.2, -0.15) is 0 Å². The monoisotopic (exact) mass is 527 g/mol. The van der Waals surface area contributed by atoms with Crippen LogP contribution in [-0.4, -0.2) is 78.9 Å². The third-order valence-corrected chi connectivity index (χ3v) is 7.97. The van der Waals surface area contributed by atoms with Gasteiger partial charge in [-0.1, -0.05) is 58.9 Å². The molecule has 1 unspecified atom stereocenters. The Kier molecular flexibility index (Phi) is 10.4. The van der Waals surface area contributed by atoms with E-state index in [-0.39, 0.29) is 35.1 Å². The number of carbonyl (C=O) groups excluding carboxylic acids is 3. The van der Waals surface area contributed by atoms with Crippen LogP contribution in [0.5, 0.6) is 0 Å². The molecule has 2 aliphatic rings. The van der Waals surface area contributed by atoms with Crippen LogP contribution in [0.2, 0.25) is 0 Å². The van der Waals surface area contributed by atoms with Gasteiger partial charge in [0.2, 0.25) is 17.7 Å². The average molecular weight is 528 g/mol. The highest BCUT2D eigenvalue weighted by molar-refractivity contribution is 5.93. The zero-order valence-corrected chi connectivity index (χ0v) is 24.5. The van der Waals surface area contributed by atoms with Gasteiger partial charge in [0.1, 0.15) is 12.1 Å². The lowest BCUT2D eigenvalue weighted by Crippen LogP contribution is -2.65. The molecule has 1 aromatic carbocycles. The lowest BCUT2D eigenvalue weighted by Gasteiger charge is -2.43. The van der Waals surface area contributed by atoms with Gasteiger partial charge in [-0.3, -0.25) is 19.3 Å². The fraction of sp³-hybridized carbons (Fsp3) is 0.700. The molecule has 0 spiro atoms. The third-order valence-electron chi connectivity index (χ3n) is 7.97. The van der Waals surface area contributed by atoms with E-state index in [1.165, 1.54) is 11.1 Å². The molecule has 38 heavy (non-hydrogen) atoms. The van der Waals surface area contributed by atoms with Crippen molar-refractivity contribution < 1.29 is 14.4 Å². The van der Waals surface area contributed by atoms with Gasteiger partial charge in [0, 0.05) is 19.6 Å². The van der Waals surface area contributed by atoms with Gasteiger partial charge < -0.3 is 20.9 Å². The van der Waals surface area contributed by atoms with Crippen LogP contribution in [0.15, 0.2) is 24.3 Å². The molecule has 3 rings (SSSR count). The molecule has 1 fully saturated rings. The predicted molar refractivity (Wildman–Crippen MR) is 152 cm³/mol. The van der Waals surface area contributed by atoms with Crippen molar-refractivity contribution >= 4 is 17.7 Å². The second-order valence-electron chi connectivity index (χ2n) is 12.6. The minimum atomic E-state index is -0.690. The standard InChI is InChI=1S/C30H49N5O3/c1-20(2)26(33-27(36)21(3)31-7)29(38)35-18-17-34(16-15-30(4,5)6)19-25(35)28(37)32-24-14-10-12-22-11-8-9-13-23(22)24/h8-9,11,13,20-21,24-26,31H,10,12,14-19H2,1-7H3,(H,32,37)(H,33,36)/t21-,24?,25-,26-/m0/s1. The van der Waals surface area contributed by atoms with Crippen LogP contribution in [-0.2, 0) is 20.8 Å². The number of amides is 3. The second kappa shape index (κ2) is 13.1. The number of hydrogen-bond acceptors (Lipinski definition) is 5. The van der Waals surface area contributed by atoms with Crippen LogP contribution in [0, 0.1) is 11.3 Å². The summed E-state index contributed by atoms with van der Waals surface area (Å²) in [5.41, 5.74) is 2.65. The third kappa shape index (κ3) is 7.79. The zero-order chi connectivity index (χ0) is 28.0. The lowest BCUT2D eigenvalue weighted by molar-refractivity contribution is -0.148. The average Bonchev–Trinajstić information content (AvgIpc) is 2.89. The number of nitrogens with one attached hydrogen (secondary N) is 3. The van der Waals surface area contributed by atoms with E-state index in [1.54, 1.807) is 18.9 Å². The number of fused-ring (bicyclic) bond motifs is 1. The first-order valence-corrected chi connectivity index (χ1v) is 14.3. The number of nitrogens with zero attached hydrogens (tertiary/aromatic N) is 2. The van der Waals surface area contributed by atoms with E-state index in [2.05, 4.69) is 53.8 Å². The Labute approximate surface area is 229 Å². The summed E-state index contributed by atoms with van der Waals surface area (Å²) in [6.07, 6.45) is 3.96. The Balaban J connectivity index is 1.82. The normalized spacial score (nSPS) is 21.9. The number of benzene rings is 1. The fourth-order valence-corrected chi connectivity index (χ4v) is 5.30. The SMILES string of the molecule is CN[C@@H](C)C(=O)N[C@H](C(=O)N1CCN(CCC(C)(C)C)C[C@H]1C(=O)NC1CCCc2ccccc21)C(C)C. The minimum Gasteiger partial charge on any atom is -0.347 e. The Morgan fingerprint density at radius 2 is 1.79 bits per heavy atom. The minimum absolute atomic E-state index is 0.0496. The van der Waals surface area contributed by atoms with Crippen LogP contribution < -0.4 is 16.0 Å². The summed E-state index contributed by atoms with van der Waals surface area (Å²) in [7, 11) is 1.72. The maximum Gasteiger partial charge on any atom is 0.246 e. The molecule has 0 saturated carbocycles. The van der Waals surface area contributed by atoms with Crippen molar-refractivity contribution in [1.29, 1.82) is 0 Å². The first kappa shape index (κ1) is 30.1. The molecule has 3 amide bonds. The molecule has 0 bridgehead atoms. The first-order chi connectivity index (χ1) is 17.9. The van der Waals surface area contributed by atoms with Gasteiger partial charge in [-0.05, 0) is 68.7 Å². The van der Waals surface area contributed by atoms with Crippen molar-refractivity contribution in [2.75, 3.05) is 33.2 Å². The molecule has 212 valence electrons. The smallest absolute Gasteiger partial charge is 0.246 e. The quantitative estimate of drug-likeness (QED) is 0.459. The molecule has 8 heteroatoms. The van der Waals surface area contributed by atoms with Crippen LogP contribution in [0.4, 0.5) is 0 Å². The van der Waals surface area contributed by atoms with Crippen LogP contribution in [0.1, 0.15) is 78.0 Å². The summed E-state index contributed by atoms with van der Waals surface area (Å²) in [6.45, 7) is 14.8. The second-order valence-corrected chi connectivity index (χ2v) is 12.6. The predicted octanol–water partition coefficient (Wildman–Crippen LogP) is 2.88. The summed E-state index contributed by atoms with van der Waals surface area (Å²) in [6, 6.07) is 6.56. The molecule has 1 saturated heterocycles. The van der Waals surface area contributed by atoms with Crippen molar-refractivity contribution in [3.63, 3.8) is 0 Å². The van der Waals surface area contributed by atoms with Crippen molar-refractivity contribution in [1.82, 2.24) is 25.8 Å². The summed E-state index contributed by atoms with van der Waals surface area (Å²) >= 11 is 0. The van der Waals surface area contributed by atoms with Crippen molar-refractivity contribution in [3.05, 3.63) is 35.4 Å². The number of hydrogen-bond donors (Lipinski definition) is 3. The topological polar surface area (TPSA) is 93.8 Å². The molecule has 1 heterocycles. The maximum atomic E-state index is 13.9. The molecule has 8 nitrogen and oxygen atoms in total. The molecule has 0 aromatic heterocycles. The molecule has 1 aliphatic carbocycles. The molecule has 1 aromatic rings. The number of aryl methyl sites for hydroxylation is 1. The summed E-state index contributed by atoms with van der Waals surface area (Å²) < 4.78 is 0. The molecular weight excluding hydrogens is 478 g/mol. The molecule has 4 atom stereocenters. The fourth-order valence-electron chi connectivity index (χ4n) is 5.30. The van der Waals surface area contributed by atoms with E-state index in [0.717, 1.165) is 32.2 Å². The Bertz CT molecular complexity index is 973.